The van der Waals surface area contributed by atoms with Gasteiger partial charge in [-0.25, -0.2) is 0 Å². The van der Waals surface area contributed by atoms with E-state index in [1.807, 2.05) is 42.5 Å². The molecule has 2 aromatic carbocycles. The van der Waals surface area contributed by atoms with Crippen LogP contribution in [0.1, 0.15) is 11.1 Å². The van der Waals surface area contributed by atoms with Gasteiger partial charge >= 0.3 is 0 Å². The van der Waals surface area contributed by atoms with E-state index in [0.29, 0.717) is 12.8 Å². The molecule has 1 aliphatic heterocycles. The monoisotopic (exact) mass is 266 g/mol. The first-order chi connectivity index (χ1) is 9.70. The number of nitrogens with one attached hydrogen (secondary N) is 2. The van der Waals surface area contributed by atoms with Crippen molar-refractivity contribution in [3.8, 4) is 0 Å². The molecule has 0 fully saturated rings. The topological polar surface area (TPSA) is 58.2 Å². The maximum atomic E-state index is 12.0. The van der Waals surface area contributed by atoms with Gasteiger partial charge < -0.3 is 10.6 Å². The van der Waals surface area contributed by atoms with Crippen LogP contribution in [0.5, 0.6) is 0 Å². The Balaban J connectivity index is 1.68. The molecule has 4 heteroatoms. The fourth-order valence-electron chi connectivity index (χ4n) is 2.29. The third kappa shape index (κ3) is 2.69. The normalized spacial score (nSPS) is 12.7. The molecule has 0 saturated heterocycles. The molecule has 0 saturated carbocycles. The lowest BCUT2D eigenvalue weighted by molar-refractivity contribution is -0.116. The van der Waals surface area contributed by atoms with Gasteiger partial charge in [-0.3, -0.25) is 9.59 Å². The van der Waals surface area contributed by atoms with Gasteiger partial charge in [0.05, 0.1) is 12.8 Å². The van der Waals surface area contributed by atoms with E-state index in [-0.39, 0.29) is 11.8 Å². The van der Waals surface area contributed by atoms with Crippen molar-refractivity contribution in [2.75, 3.05) is 10.6 Å². The van der Waals surface area contributed by atoms with E-state index in [2.05, 4.69) is 10.6 Å². The van der Waals surface area contributed by atoms with Gasteiger partial charge in [-0.05, 0) is 29.3 Å². The summed E-state index contributed by atoms with van der Waals surface area (Å²) in [7, 11) is 0. The number of carbonyl (C=O) groups excluding carboxylic acids is 2. The summed E-state index contributed by atoms with van der Waals surface area (Å²) in [6, 6.07) is 15.0. The molecule has 3 rings (SSSR count). The first kappa shape index (κ1) is 12.4. The Morgan fingerprint density at radius 3 is 2.75 bits per heavy atom. The summed E-state index contributed by atoms with van der Waals surface area (Å²) in [6.07, 6.45) is 0.715. The molecule has 1 heterocycles. The molecule has 20 heavy (non-hydrogen) atoms. The van der Waals surface area contributed by atoms with Gasteiger partial charge in [0.25, 0.3) is 0 Å². The molecule has 0 radical (unpaired) electrons. The van der Waals surface area contributed by atoms with Crippen molar-refractivity contribution < 1.29 is 9.59 Å². The Morgan fingerprint density at radius 2 is 1.95 bits per heavy atom. The minimum atomic E-state index is -0.0616. The zero-order chi connectivity index (χ0) is 13.9. The summed E-state index contributed by atoms with van der Waals surface area (Å²) < 4.78 is 0. The van der Waals surface area contributed by atoms with E-state index in [4.69, 9.17) is 0 Å². The van der Waals surface area contributed by atoms with E-state index >= 15 is 0 Å². The van der Waals surface area contributed by atoms with Gasteiger partial charge in [0.1, 0.15) is 0 Å². The maximum absolute atomic E-state index is 12.0. The van der Waals surface area contributed by atoms with E-state index < -0.39 is 0 Å². The average Bonchev–Trinajstić information content (AvgIpc) is 2.79. The van der Waals surface area contributed by atoms with Crippen molar-refractivity contribution >= 4 is 23.2 Å². The average molecular weight is 266 g/mol. The number of benzene rings is 2. The second-order valence-corrected chi connectivity index (χ2v) is 4.81. The zero-order valence-electron chi connectivity index (χ0n) is 10.8. The van der Waals surface area contributed by atoms with Crippen molar-refractivity contribution in [2.24, 2.45) is 0 Å². The molecule has 0 aliphatic carbocycles. The van der Waals surface area contributed by atoms with Gasteiger partial charge in [-0.1, -0.05) is 30.3 Å². The van der Waals surface area contributed by atoms with Crippen LogP contribution >= 0.6 is 0 Å². The smallest absolute Gasteiger partial charge is 0.228 e. The first-order valence-corrected chi connectivity index (χ1v) is 6.47. The number of hydrogen-bond donors (Lipinski definition) is 2. The van der Waals surface area contributed by atoms with Crippen LogP contribution in [0.4, 0.5) is 11.4 Å². The molecule has 100 valence electrons. The number of amides is 2. The molecule has 0 unspecified atom stereocenters. The van der Waals surface area contributed by atoms with Gasteiger partial charge in [-0.15, -0.1) is 0 Å². The highest BCUT2D eigenvalue weighted by atomic mass is 16.2. The predicted octanol–water partition coefficient (Wildman–Crippen LogP) is 2.36. The SMILES string of the molecule is O=C(Cc1ccccc1)Nc1ccc2c(c1)CC(=O)N2. The second kappa shape index (κ2) is 5.17. The highest BCUT2D eigenvalue weighted by Gasteiger charge is 2.17. The largest absolute Gasteiger partial charge is 0.326 e. The summed E-state index contributed by atoms with van der Waals surface area (Å²) in [5.74, 6) is -0.0683. The molecule has 0 atom stereocenters. The zero-order valence-corrected chi connectivity index (χ0v) is 10.8. The van der Waals surface area contributed by atoms with Crippen molar-refractivity contribution in [1.29, 1.82) is 0 Å². The first-order valence-electron chi connectivity index (χ1n) is 6.47. The molecule has 2 amide bonds. The van der Waals surface area contributed by atoms with E-state index in [0.717, 1.165) is 22.5 Å². The highest BCUT2D eigenvalue weighted by Crippen LogP contribution is 2.26. The lowest BCUT2D eigenvalue weighted by Gasteiger charge is -2.07. The number of hydrogen-bond acceptors (Lipinski definition) is 2. The molecular weight excluding hydrogens is 252 g/mol. The van der Waals surface area contributed by atoms with Crippen molar-refractivity contribution in [2.45, 2.75) is 12.8 Å². The van der Waals surface area contributed by atoms with Crippen LogP contribution in [0.3, 0.4) is 0 Å². The van der Waals surface area contributed by atoms with Crippen molar-refractivity contribution in [3.05, 3.63) is 59.7 Å². The van der Waals surface area contributed by atoms with Crippen LogP contribution in [-0.2, 0) is 22.4 Å². The fourth-order valence-corrected chi connectivity index (χ4v) is 2.29. The summed E-state index contributed by atoms with van der Waals surface area (Å²) >= 11 is 0. The minimum absolute atomic E-state index is 0.00670. The summed E-state index contributed by atoms with van der Waals surface area (Å²) in [6.45, 7) is 0. The third-order valence-corrected chi connectivity index (χ3v) is 3.22. The highest BCUT2D eigenvalue weighted by molar-refractivity contribution is 6.00. The Labute approximate surface area is 116 Å². The Bertz CT molecular complexity index is 665. The fraction of sp³-hybridized carbons (Fsp3) is 0.125. The molecular formula is C16H14N2O2. The molecule has 4 nitrogen and oxygen atoms in total. The van der Waals surface area contributed by atoms with E-state index in [9.17, 15) is 9.59 Å². The lowest BCUT2D eigenvalue weighted by Crippen LogP contribution is -2.14. The summed E-state index contributed by atoms with van der Waals surface area (Å²) in [4.78, 5) is 23.2. The molecule has 1 aliphatic rings. The Kier molecular flexibility index (Phi) is 3.21. The van der Waals surface area contributed by atoms with Crippen LogP contribution in [0.2, 0.25) is 0 Å². The number of anilines is 2. The van der Waals surface area contributed by atoms with E-state index in [1.165, 1.54) is 0 Å². The Hall–Kier alpha value is -2.62. The van der Waals surface area contributed by atoms with Crippen LogP contribution in [-0.4, -0.2) is 11.8 Å². The van der Waals surface area contributed by atoms with Crippen molar-refractivity contribution in [3.63, 3.8) is 0 Å². The van der Waals surface area contributed by atoms with Gasteiger partial charge in [0, 0.05) is 11.4 Å². The molecule has 0 bridgehead atoms. The number of rotatable bonds is 3. The van der Waals surface area contributed by atoms with E-state index in [1.54, 1.807) is 6.07 Å². The van der Waals surface area contributed by atoms with Crippen LogP contribution in [0.25, 0.3) is 0 Å². The predicted molar refractivity (Wildman–Crippen MR) is 77.6 cm³/mol. The number of fused-ring (bicyclic) bond motifs is 1. The standard InChI is InChI=1S/C16H14N2O2/c19-15(8-11-4-2-1-3-5-11)17-13-6-7-14-12(9-13)10-16(20)18-14/h1-7,9H,8,10H2,(H,17,19)(H,18,20). The summed E-state index contributed by atoms with van der Waals surface area (Å²) in [5, 5.41) is 5.62. The van der Waals surface area contributed by atoms with Gasteiger partial charge in [-0.2, -0.15) is 0 Å². The molecule has 2 N–H and O–H groups in total. The third-order valence-electron chi connectivity index (χ3n) is 3.22. The maximum Gasteiger partial charge on any atom is 0.228 e. The molecule has 2 aromatic rings. The van der Waals surface area contributed by atoms with Crippen LogP contribution in [0, 0.1) is 0 Å². The van der Waals surface area contributed by atoms with Crippen molar-refractivity contribution in [1.82, 2.24) is 0 Å². The quantitative estimate of drug-likeness (QED) is 0.896. The lowest BCUT2D eigenvalue weighted by atomic mass is 10.1. The molecule has 0 spiro atoms. The van der Waals surface area contributed by atoms with Gasteiger partial charge in [0.15, 0.2) is 0 Å². The second-order valence-electron chi connectivity index (χ2n) is 4.81. The molecule has 0 aromatic heterocycles. The summed E-state index contributed by atoms with van der Waals surface area (Å²) in [5.41, 5.74) is 3.45. The Morgan fingerprint density at radius 1 is 1.15 bits per heavy atom. The number of carbonyl (C=O) groups is 2. The minimum Gasteiger partial charge on any atom is -0.326 e. The van der Waals surface area contributed by atoms with Crippen LogP contribution in [0.15, 0.2) is 48.5 Å². The van der Waals surface area contributed by atoms with Crippen LogP contribution < -0.4 is 10.6 Å². The van der Waals surface area contributed by atoms with Gasteiger partial charge in [0.2, 0.25) is 11.8 Å².